The van der Waals surface area contributed by atoms with Gasteiger partial charge in [-0.3, -0.25) is 4.99 Å². The lowest BCUT2D eigenvalue weighted by Gasteiger charge is -2.20. The zero-order valence-electron chi connectivity index (χ0n) is 15.9. The van der Waals surface area contributed by atoms with Crippen LogP contribution in [0.3, 0.4) is 0 Å². The van der Waals surface area contributed by atoms with E-state index in [1.807, 2.05) is 19.2 Å². The topological polar surface area (TPSA) is 54.9 Å². The molecule has 0 radical (unpaired) electrons. The Bertz CT molecular complexity index is 584. The quantitative estimate of drug-likeness (QED) is 0.339. The fourth-order valence-corrected chi connectivity index (χ4v) is 3.37. The van der Waals surface area contributed by atoms with Gasteiger partial charge in [0.2, 0.25) is 0 Å². The average Bonchev–Trinajstić information content (AvgIpc) is 3.32. The smallest absolute Gasteiger partial charge is 0.191 e. The number of halogens is 1. The molecule has 0 spiro atoms. The SMILES string of the molecule is CN=C(NCCC1CC1)NCc1cccc(OC)c1OC1CCCC1.I. The molecule has 2 fully saturated rings. The lowest BCUT2D eigenvalue weighted by atomic mass is 10.1. The number of rotatable bonds is 8. The lowest BCUT2D eigenvalue weighted by molar-refractivity contribution is 0.198. The number of benzene rings is 1. The van der Waals surface area contributed by atoms with Crippen LogP contribution < -0.4 is 20.1 Å². The predicted octanol–water partition coefficient (Wildman–Crippen LogP) is 4.10. The monoisotopic (exact) mass is 473 g/mol. The van der Waals surface area contributed by atoms with Crippen LogP contribution in [-0.4, -0.2) is 32.8 Å². The molecule has 1 aromatic carbocycles. The molecule has 0 aromatic heterocycles. The van der Waals surface area contributed by atoms with Crippen LogP contribution >= 0.6 is 24.0 Å². The van der Waals surface area contributed by atoms with E-state index in [9.17, 15) is 0 Å². The van der Waals surface area contributed by atoms with Crippen molar-refractivity contribution in [2.75, 3.05) is 20.7 Å². The molecule has 0 atom stereocenters. The Morgan fingerprint density at radius 1 is 1.15 bits per heavy atom. The van der Waals surface area contributed by atoms with Gasteiger partial charge in [0.15, 0.2) is 17.5 Å². The number of nitrogens with one attached hydrogen (secondary N) is 2. The number of nitrogens with zero attached hydrogens (tertiary/aromatic N) is 1. The second-order valence-corrected chi connectivity index (χ2v) is 7.06. The zero-order chi connectivity index (χ0) is 17.5. The van der Waals surface area contributed by atoms with Crippen molar-refractivity contribution >= 4 is 29.9 Å². The van der Waals surface area contributed by atoms with Crippen LogP contribution in [0.2, 0.25) is 0 Å². The van der Waals surface area contributed by atoms with E-state index in [1.54, 1.807) is 7.11 Å². The van der Waals surface area contributed by atoms with Crippen molar-refractivity contribution < 1.29 is 9.47 Å². The summed E-state index contributed by atoms with van der Waals surface area (Å²) in [4.78, 5) is 4.32. The van der Waals surface area contributed by atoms with E-state index < -0.39 is 0 Å². The maximum Gasteiger partial charge on any atom is 0.191 e. The first-order valence-electron chi connectivity index (χ1n) is 9.57. The minimum absolute atomic E-state index is 0. The molecule has 3 rings (SSSR count). The summed E-state index contributed by atoms with van der Waals surface area (Å²) in [5, 5.41) is 6.80. The van der Waals surface area contributed by atoms with Crippen LogP contribution in [0.15, 0.2) is 23.2 Å². The van der Waals surface area contributed by atoms with E-state index in [0.29, 0.717) is 12.6 Å². The fourth-order valence-electron chi connectivity index (χ4n) is 3.37. The Morgan fingerprint density at radius 2 is 1.92 bits per heavy atom. The predicted molar refractivity (Wildman–Crippen MR) is 117 cm³/mol. The van der Waals surface area contributed by atoms with Crippen molar-refractivity contribution in [3.8, 4) is 11.5 Å². The molecule has 0 bridgehead atoms. The number of aliphatic imine (C=N–C) groups is 1. The molecule has 2 aliphatic rings. The lowest BCUT2D eigenvalue weighted by Crippen LogP contribution is -2.37. The van der Waals surface area contributed by atoms with Crippen molar-refractivity contribution in [2.45, 2.75) is 57.6 Å². The molecular formula is C20H32IN3O2. The molecule has 0 unspecified atom stereocenters. The second kappa shape index (κ2) is 10.8. The molecule has 5 nitrogen and oxygen atoms in total. The van der Waals surface area contributed by atoms with Gasteiger partial charge in [-0.1, -0.05) is 25.0 Å². The van der Waals surface area contributed by atoms with E-state index in [1.165, 1.54) is 32.1 Å². The summed E-state index contributed by atoms with van der Waals surface area (Å²) < 4.78 is 11.8. The highest BCUT2D eigenvalue weighted by Gasteiger charge is 2.21. The molecular weight excluding hydrogens is 441 g/mol. The summed E-state index contributed by atoms with van der Waals surface area (Å²) in [6.45, 7) is 1.65. The fraction of sp³-hybridized carbons (Fsp3) is 0.650. The summed E-state index contributed by atoms with van der Waals surface area (Å²) in [5.74, 6) is 3.45. The van der Waals surface area contributed by atoms with Crippen molar-refractivity contribution in [3.63, 3.8) is 0 Å². The minimum Gasteiger partial charge on any atom is -0.493 e. The molecule has 0 amide bonds. The number of hydrogen-bond donors (Lipinski definition) is 2. The van der Waals surface area contributed by atoms with E-state index in [4.69, 9.17) is 9.47 Å². The highest BCUT2D eigenvalue weighted by molar-refractivity contribution is 14.0. The Morgan fingerprint density at radius 3 is 2.58 bits per heavy atom. The summed E-state index contributed by atoms with van der Waals surface area (Å²) in [7, 11) is 3.51. The molecule has 1 aromatic rings. The van der Waals surface area contributed by atoms with Gasteiger partial charge in [0.1, 0.15) is 0 Å². The Kier molecular flexibility index (Phi) is 8.81. The van der Waals surface area contributed by atoms with Gasteiger partial charge in [-0.05, 0) is 44.1 Å². The van der Waals surface area contributed by atoms with Gasteiger partial charge in [-0.15, -0.1) is 24.0 Å². The van der Waals surface area contributed by atoms with Crippen LogP contribution in [0, 0.1) is 5.92 Å². The molecule has 0 aliphatic heterocycles. The molecule has 146 valence electrons. The number of guanidine groups is 1. The summed E-state index contributed by atoms with van der Waals surface area (Å²) in [6.07, 6.45) is 9.10. The van der Waals surface area contributed by atoms with E-state index in [2.05, 4.69) is 21.7 Å². The number of methoxy groups -OCH3 is 1. The van der Waals surface area contributed by atoms with Crippen molar-refractivity contribution in [3.05, 3.63) is 23.8 Å². The largest absolute Gasteiger partial charge is 0.493 e. The zero-order valence-corrected chi connectivity index (χ0v) is 18.3. The molecule has 0 saturated heterocycles. The van der Waals surface area contributed by atoms with E-state index >= 15 is 0 Å². The maximum atomic E-state index is 6.29. The second-order valence-electron chi connectivity index (χ2n) is 7.06. The van der Waals surface area contributed by atoms with Gasteiger partial charge in [0.25, 0.3) is 0 Å². The van der Waals surface area contributed by atoms with Gasteiger partial charge >= 0.3 is 0 Å². The molecule has 0 heterocycles. The molecule has 2 saturated carbocycles. The number of hydrogen-bond acceptors (Lipinski definition) is 3. The number of para-hydroxylation sites is 1. The molecule has 2 aliphatic carbocycles. The number of ether oxygens (including phenoxy) is 2. The van der Waals surface area contributed by atoms with E-state index in [0.717, 1.165) is 48.3 Å². The van der Waals surface area contributed by atoms with Crippen molar-refractivity contribution in [1.29, 1.82) is 0 Å². The summed E-state index contributed by atoms with van der Waals surface area (Å²) >= 11 is 0. The van der Waals surface area contributed by atoms with Gasteiger partial charge < -0.3 is 20.1 Å². The third-order valence-corrected chi connectivity index (χ3v) is 5.08. The van der Waals surface area contributed by atoms with Crippen LogP contribution in [0.1, 0.15) is 50.5 Å². The first-order valence-corrected chi connectivity index (χ1v) is 9.57. The Labute approximate surface area is 174 Å². The average molecular weight is 473 g/mol. The van der Waals surface area contributed by atoms with Gasteiger partial charge in [-0.2, -0.15) is 0 Å². The first-order chi connectivity index (χ1) is 12.3. The van der Waals surface area contributed by atoms with Gasteiger partial charge in [0, 0.05) is 25.7 Å². The standard InChI is InChI=1S/C20H31N3O2.HI/c1-21-20(22-13-12-15-10-11-15)23-14-16-6-5-9-18(24-2)19(16)25-17-7-3-4-8-17;/h5-6,9,15,17H,3-4,7-8,10-14H2,1-2H3,(H2,21,22,23);1H. The first kappa shape index (κ1) is 21.1. The molecule has 26 heavy (non-hydrogen) atoms. The highest BCUT2D eigenvalue weighted by Crippen LogP contribution is 2.35. The molecule has 6 heteroatoms. The van der Waals surface area contributed by atoms with Gasteiger partial charge in [-0.25, -0.2) is 0 Å². The third kappa shape index (κ3) is 6.21. The van der Waals surface area contributed by atoms with Crippen LogP contribution in [0.25, 0.3) is 0 Å². The normalized spacial score (nSPS) is 17.5. The Balaban J connectivity index is 0.00000243. The minimum atomic E-state index is 0. The van der Waals surface area contributed by atoms with Crippen LogP contribution in [-0.2, 0) is 6.54 Å². The van der Waals surface area contributed by atoms with Gasteiger partial charge in [0.05, 0.1) is 13.2 Å². The van der Waals surface area contributed by atoms with Crippen molar-refractivity contribution in [1.82, 2.24) is 10.6 Å². The van der Waals surface area contributed by atoms with Crippen LogP contribution in [0.4, 0.5) is 0 Å². The van der Waals surface area contributed by atoms with Crippen molar-refractivity contribution in [2.24, 2.45) is 10.9 Å². The highest BCUT2D eigenvalue weighted by atomic mass is 127. The maximum absolute atomic E-state index is 6.29. The van der Waals surface area contributed by atoms with E-state index in [-0.39, 0.29) is 24.0 Å². The Hall–Kier alpha value is -1.18. The summed E-state index contributed by atoms with van der Waals surface area (Å²) in [6, 6.07) is 6.08. The molecule has 2 N–H and O–H groups in total. The summed E-state index contributed by atoms with van der Waals surface area (Å²) in [5.41, 5.74) is 1.11. The van der Waals surface area contributed by atoms with Crippen LogP contribution in [0.5, 0.6) is 11.5 Å². The third-order valence-electron chi connectivity index (χ3n) is 5.08.